The number of thiazole rings is 1. The van der Waals surface area contributed by atoms with Crippen LogP contribution in [0.25, 0.3) is 16.0 Å². The summed E-state index contributed by atoms with van der Waals surface area (Å²) in [4.78, 5) is 13.6. The Morgan fingerprint density at radius 1 is 1.03 bits per heavy atom. The smallest absolute Gasteiger partial charge is 0.256 e. The molecule has 0 unspecified atom stereocenters. The van der Waals surface area contributed by atoms with Gasteiger partial charge in [0.05, 0.1) is 21.3 Å². The summed E-state index contributed by atoms with van der Waals surface area (Å²) in [6.45, 7) is 6.00. The zero-order valence-corrected chi connectivity index (χ0v) is 18.8. The number of nitrogens with zero attached hydrogens (tertiary/aromatic N) is 5. The summed E-state index contributed by atoms with van der Waals surface area (Å²) in [5.41, 5.74) is 3.88. The van der Waals surface area contributed by atoms with E-state index in [4.69, 9.17) is 11.6 Å². The van der Waals surface area contributed by atoms with Crippen LogP contribution in [0.4, 0.5) is 17.5 Å². The molecule has 0 radical (unpaired) electrons. The van der Waals surface area contributed by atoms with E-state index in [1.165, 1.54) is 0 Å². The molecule has 0 saturated carbocycles. The van der Waals surface area contributed by atoms with E-state index < -0.39 is 0 Å². The van der Waals surface area contributed by atoms with E-state index in [-0.39, 0.29) is 6.04 Å². The Balaban J connectivity index is 1.46. The van der Waals surface area contributed by atoms with E-state index in [0.717, 1.165) is 38.0 Å². The molecule has 0 aliphatic carbocycles. The molecule has 1 atom stereocenters. The highest BCUT2D eigenvalue weighted by Gasteiger charge is 2.14. The van der Waals surface area contributed by atoms with E-state index >= 15 is 0 Å². The maximum absolute atomic E-state index is 6.12. The van der Waals surface area contributed by atoms with Crippen molar-refractivity contribution >= 4 is 56.4 Å². The Hall–Kier alpha value is -3.23. The zero-order chi connectivity index (χ0) is 21.5. The molecule has 5 rings (SSSR count). The van der Waals surface area contributed by atoms with Crippen LogP contribution < -0.4 is 10.6 Å². The minimum Gasteiger partial charge on any atom is -0.346 e. The van der Waals surface area contributed by atoms with Crippen molar-refractivity contribution in [3.05, 3.63) is 69.8 Å². The second kappa shape index (κ2) is 7.79. The average Bonchev–Trinajstić information content (AvgIpc) is 3.29. The first-order valence-electron chi connectivity index (χ1n) is 9.85. The van der Waals surface area contributed by atoms with Crippen LogP contribution >= 0.6 is 22.9 Å². The molecule has 0 aliphatic heterocycles. The van der Waals surface area contributed by atoms with Gasteiger partial charge < -0.3 is 10.6 Å². The van der Waals surface area contributed by atoms with E-state index in [2.05, 4.69) is 36.8 Å². The van der Waals surface area contributed by atoms with Crippen molar-refractivity contribution in [3.63, 3.8) is 0 Å². The lowest BCUT2D eigenvalue weighted by Crippen LogP contribution is -2.08. The van der Waals surface area contributed by atoms with Crippen molar-refractivity contribution in [1.29, 1.82) is 0 Å². The molecular formula is C22H20ClN7S. The van der Waals surface area contributed by atoms with Crippen LogP contribution in [0.5, 0.6) is 0 Å². The Morgan fingerprint density at radius 3 is 2.74 bits per heavy atom. The first-order chi connectivity index (χ1) is 14.9. The van der Waals surface area contributed by atoms with Crippen LogP contribution in [-0.4, -0.2) is 24.6 Å². The summed E-state index contributed by atoms with van der Waals surface area (Å²) < 4.78 is 2.85. The van der Waals surface area contributed by atoms with Gasteiger partial charge in [-0.05, 0) is 56.7 Å². The van der Waals surface area contributed by atoms with Gasteiger partial charge in [-0.2, -0.15) is 9.50 Å². The summed E-state index contributed by atoms with van der Waals surface area (Å²) in [6.07, 6.45) is 0. The number of rotatable bonds is 5. The number of benzene rings is 2. The predicted octanol–water partition coefficient (Wildman–Crippen LogP) is 5.92. The van der Waals surface area contributed by atoms with Gasteiger partial charge in [-0.25, -0.2) is 9.97 Å². The standard InChI is InChI=1S/C22H20ClN7S/c1-12-9-20(27-17-7-8-18-19(11-17)31-14(3)26-18)30-22(24-12)28-21(29-30)25-13(2)15-5-4-6-16(23)10-15/h4-11,13,27H,1-3H3,(H,25,29)/t13-/m1/s1. The number of aryl methyl sites for hydroxylation is 2. The van der Waals surface area contributed by atoms with Gasteiger partial charge in [-0.1, -0.05) is 23.7 Å². The number of fused-ring (bicyclic) bond motifs is 2. The number of halogens is 1. The average molecular weight is 450 g/mol. The maximum Gasteiger partial charge on any atom is 0.256 e. The summed E-state index contributed by atoms with van der Waals surface area (Å²) in [5.74, 6) is 1.82. The van der Waals surface area contributed by atoms with Gasteiger partial charge in [0.25, 0.3) is 5.78 Å². The molecule has 0 amide bonds. The summed E-state index contributed by atoms with van der Waals surface area (Å²) >= 11 is 7.80. The topological polar surface area (TPSA) is 80.0 Å². The van der Waals surface area contributed by atoms with Gasteiger partial charge in [0.1, 0.15) is 5.82 Å². The lowest BCUT2D eigenvalue weighted by molar-refractivity contribution is 0.853. The number of hydrogen-bond donors (Lipinski definition) is 2. The van der Waals surface area contributed by atoms with Gasteiger partial charge in [0.2, 0.25) is 5.95 Å². The molecule has 7 nitrogen and oxygen atoms in total. The Kier molecular flexibility index (Phi) is 4.95. The van der Waals surface area contributed by atoms with E-state index in [1.54, 1.807) is 15.9 Å². The van der Waals surface area contributed by atoms with Crippen molar-refractivity contribution in [1.82, 2.24) is 24.6 Å². The lowest BCUT2D eigenvalue weighted by Gasteiger charge is -2.12. The van der Waals surface area contributed by atoms with Gasteiger partial charge in [0, 0.05) is 22.5 Å². The van der Waals surface area contributed by atoms with E-state index in [0.29, 0.717) is 16.7 Å². The third-order valence-corrected chi connectivity index (χ3v) is 6.07. The molecule has 0 bridgehead atoms. The lowest BCUT2D eigenvalue weighted by atomic mass is 10.1. The van der Waals surface area contributed by atoms with Crippen molar-refractivity contribution in [3.8, 4) is 0 Å². The fourth-order valence-electron chi connectivity index (χ4n) is 3.46. The minimum atomic E-state index is -0.00871. The molecule has 5 aromatic rings. The molecular weight excluding hydrogens is 430 g/mol. The largest absolute Gasteiger partial charge is 0.346 e. The van der Waals surface area contributed by atoms with E-state index in [9.17, 15) is 0 Å². The molecule has 3 heterocycles. The van der Waals surface area contributed by atoms with Gasteiger partial charge in [0.15, 0.2) is 0 Å². The Bertz CT molecular complexity index is 1410. The maximum atomic E-state index is 6.12. The first-order valence-corrected chi connectivity index (χ1v) is 11.0. The Labute approximate surface area is 188 Å². The van der Waals surface area contributed by atoms with Crippen molar-refractivity contribution in [2.24, 2.45) is 0 Å². The quantitative estimate of drug-likeness (QED) is 0.346. The molecule has 2 aromatic carbocycles. The first kappa shape index (κ1) is 19.7. The van der Waals surface area contributed by atoms with Gasteiger partial charge >= 0.3 is 0 Å². The van der Waals surface area contributed by atoms with E-state index in [1.807, 2.05) is 63.2 Å². The molecule has 156 valence electrons. The van der Waals surface area contributed by atoms with Crippen LogP contribution in [0.15, 0.2) is 48.5 Å². The number of anilines is 3. The van der Waals surface area contributed by atoms with Crippen LogP contribution in [0, 0.1) is 13.8 Å². The highest BCUT2D eigenvalue weighted by Crippen LogP contribution is 2.27. The summed E-state index contributed by atoms with van der Waals surface area (Å²) in [7, 11) is 0. The number of aromatic nitrogens is 5. The van der Waals surface area contributed by atoms with Crippen molar-refractivity contribution < 1.29 is 0 Å². The zero-order valence-electron chi connectivity index (χ0n) is 17.2. The summed E-state index contributed by atoms with van der Waals surface area (Å²) in [5, 5.41) is 13.2. The second-order valence-electron chi connectivity index (χ2n) is 7.39. The Morgan fingerprint density at radius 2 is 1.90 bits per heavy atom. The third-order valence-electron chi connectivity index (χ3n) is 4.90. The SMILES string of the molecule is Cc1cc(Nc2ccc3nc(C)sc3c2)n2nc(N[C@H](C)c3cccc(Cl)c3)nc2n1. The molecule has 0 saturated heterocycles. The highest BCUT2D eigenvalue weighted by atomic mass is 35.5. The van der Waals surface area contributed by atoms with Crippen LogP contribution in [0.2, 0.25) is 5.02 Å². The fraction of sp³-hybridized carbons (Fsp3) is 0.182. The third kappa shape index (κ3) is 4.04. The molecule has 2 N–H and O–H groups in total. The monoisotopic (exact) mass is 449 g/mol. The summed E-state index contributed by atoms with van der Waals surface area (Å²) in [6, 6.07) is 15.8. The minimum absolute atomic E-state index is 0.00871. The molecule has 0 aliphatic rings. The predicted molar refractivity (Wildman–Crippen MR) is 127 cm³/mol. The van der Waals surface area contributed by atoms with Crippen LogP contribution in [0.1, 0.15) is 29.2 Å². The normalized spacial score (nSPS) is 12.4. The molecule has 0 spiro atoms. The van der Waals surface area contributed by atoms with Gasteiger partial charge in [-0.15, -0.1) is 16.4 Å². The van der Waals surface area contributed by atoms with Crippen LogP contribution in [-0.2, 0) is 0 Å². The van der Waals surface area contributed by atoms with Gasteiger partial charge in [-0.3, -0.25) is 0 Å². The molecule has 0 fully saturated rings. The molecule has 31 heavy (non-hydrogen) atoms. The van der Waals surface area contributed by atoms with Crippen molar-refractivity contribution in [2.75, 3.05) is 10.6 Å². The molecule has 9 heteroatoms. The number of hydrogen-bond acceptors (Lipinski definition) is 7. The fourth-order valence-corrected chi connectivity index (χ4v) is 4.52. The second-order valence-corrected chi connectivity index (χ2v) is 9.06. The van der Waals surface area contributed by atoms with Crippen molar-refractivity contribution in [2.45, 2.75) is 26.8 Å². The highest BCUT2D eigenvalue weighted by molar-refractivity contribution is 7.18. The van der Waals surface area contributed by atoms with Crippen LogP contribution in [0.3, 0.4) is 0 Å². The molecule has 3 aromatic heterocycles. The number of nitrogens with one attached hydrogen (secondary N) is 2.